The Morgan fingerprint density at radius 3 is 1.76 bits per heavy atom. The van der Waals surface area contributed by atoms with Gasteiger partial charge in [-0.2, -0.15) is 0 Å². The second-order valence-electron chi connectivity index (χ2n) is 15.8. The summed E-state index contributed by atoms with van der Waals surface area (Å²) < 4.78 is 4.87. The van der Waals surface area contributed by atoms with Gasteiger partial charge in [-0.1, -0.05) is 106 Å². The van der Waals surface area contributed by atoms with Crippen LogP contribution in [0.3, 0.4) is 0 Å². The monoisotopic (exact) mass is 782 g/mol. The number of rotatable bonds is 12. The van der Waals surface area contributed by atoms with E-state index in [-0.39, 0.29) is 29.9 Å². The zero-order chi connectivity index (χ0) is 40.2. The molecule has 4 heterocycles. The van der Waals surface area contributed by atoms with Crippen molar-refractivity contribution in [2.24, 2.45) is 0 Å². The molecule has 3 aliphatic rings. The van der Waals surface area contributed by atoms with Crippen LogP contribution in [0.15, 0.2) is 91.3 Å². The number of hydrogen-bond acceptors (Lipinski definition) is 7. The number of methoxy groups -OCH3 is 1. The molecule has 0 bridgehead atoms. The van der Waals surface area contributed by atoms with Crippen LogP contribution >= 0.6 is 0 Å². The summed E-state index contributed by atoms with van der Waals surface area (Å²) in [5.74, 6) is 1.68. The molecule has 5 aromatic rings. The highest BCUT2D eigenvalue weighted by Gasteiger charge is 2.48. The third-order valence-corrected chi connectivity index (χ3v) is 12.5. The number of amides is 3. The molecule has 1 aliphatic carbocycles. The molecule has 58 heavy (non-hydrogen) atoms. The van der Waals surface area contributed by atoms with Gasteiger partial charge in [-0.25, -0.2) is 14.8 Å². The largest absolute Gasteiger partial charge is 0.453 e. The quantitative estimate of drug-likeness (QED) is 0.116. The van der Waals surface area contributed by atoms with Gasteiger partial charge >= 0.3 is 6.09 Å². The molecule has 2 aliphatic heterocycles. The van der Waals surface area contributed by atoms with Gasteiger partial charge < -0.3 is 29.8 Å². The zero-order valence-electron chi connectivity index (χ0n) is 33.7. The Hall–Kier alpha value is -5.75. The lowest BCUT2D eigenvalue weighted by Crippen LogP contribution is -2.58. The molecule has 8 rings (SSSR count). The van der Waals surface area contributed by atoms with Crippen LogP contribution in [0.2, 0.25) is 0 Å². The van der Waals surface area contributed by atoms with Crippen molar-refractivity contribution in [3.05, 3.63) is 108 Å². The maximum absolute atomic E-state index is 14.2. The number of H-pyrrole nitrogens is 2. The first-order valence-corrected chi connectivity index (χ1v) is 20.9. The van der Waals surface area contributed by atoms with Gasteiger partial charge in [0.1, 0.15) is 23.2 Å². The van der Waals surface area contributed by atoms with Gasteiger partial charge in [0.2, 0.25) is 11.8 Å². The lowest BCUT2D eigenvalue weighted by Gasteiger charge is -2.35. The summed E-state index contributed by atoms with van der Waals surface area (Å²) in [6.07, 6.45) is 9.67. The topological polar surface area (TPSA) is 140 Å². The number of carbonyl (C=O) groups is 3. The number of nitrogens with one attached hydrogen (secondary N) is 3. The maximum atomic E-state index is 14.2. The van der Waals surface area contributed by atoms with E-state index >= 15 is 0 Å². The molecule has 2 aromatic heterocycles. The second kappa shape index (κ2) is 17.0. The molecular formula is C46H54N8O4. The average Bonchev–Trinajstić information content (AvgIpc) is 4.13. The van der Waals surface area contributed by atoms with Crippen LogP contribution in [0, 0.1) is 0 Å². The standard InChI is InChI=1S/C46H54N8O4/c1-4-52(5-2)40(35-13-7-6-8-14-35)43(55)53-27-11-15-38(53)41-47-29-36(49-41)33-21-17-31(18-22-33)32-19-23-34(24-20-32)37-30-48-42(50-37)39-16-12-28-54(39)44(56)46(25-9-10-26-46)51-45(57)58-3/h6-8,13-14,17-24,29-30,38-40H,4-5,9-12,15-16,25-28H2,1-3H3,(H,47,49)(H,48,50)(H,51,57)/t38-,39-,40+/m0/s1. The number of alkyl carbamates (subject to hydrolysis) is 1. The minimum Gasteiger partial charge on any atom is -0.453 e. The van der Waals surface area contributed by atoms with E-state index in [2.05, 4.69) is 94.7 Å². The van der Waals surface area contributed by atoms with Crippen molar-refractivity contribution in [1.82, 2.24) is 40.0 Å². The number of likely N-dealkylation sites (tertiary alicyclic amines) is 2. The number of nitrogens with zero attached hydrogens (tertiary/aromatic N) is 5. The van der Waals surface area contributed by atoms with Gasteiger partial charge in [0.25, 0.3) is 0 Å². The van der Waals surface area contributed by atoms with E-state index < -0.39 is 11.6 Å². The van der Waals surface area contributed by atoms with Crippen LogP contribution in [0.25, 0.3) is 33.6 Å². The number of aromatic amines is 2. The number of carbonyl (C=O) groups excluding carboxylic acids is 3. The second-order valence-corrected chi connectivity index (χ2v) is 15.8. The van der Waals surface area contributed by atoms with Crippen molar-refractivity contribution in [3.8, 4) is 33.6 Å². The van der Waals surface area contributed by atoms with E-state index in [0.717, 1.165) is 109 Å². The predicted octanol–water partition coefficient (Wildman–Crippen LogP) is 8.21. The third-order valence-electron chi connectivity index (χ3n) is 12.5. The van der Waals surface area contributed by atoms with Gasteiger partial charge in [-0.05, 0) is 79.4 Å². The molecule has 3 N–H and O–H groups in total. The number of hydrogen-bond donors (Lipinski definition) is 3. The van der Waals surface area contributed by atoms with Crippen LogP contribution in [0.4, 0.5) is 4.79 Å². The van der Waals surface area contributed by atoms with Gasteiger partial charge in [-0.15, -0.1) is 0 Å². The van der Waals surface area contributed by atoms with E-state index in [1.54, 1.807) is 0 Å². The highest BCUT2D eigenvalue weighted by atomic mass is 16.5. The number of benzene rings is 3. The number of aromatic nitrogens is 4. The molecule has 12 heteroatoms. The van der Waals surface area contributed by atoms with Crippen LogP contribution in [-0.4, -0.2) is 91.4 Å². The van der Waals surface area contributed by atoms with E-state index in [0.29, 0.717) is 19.4 Å². The zero-order valence-corrected chi connectivity index (χ0v) is 33.7. The minimum absolute atomic E-state index is 0.0465. The van der Waals surface area contributed by atoms with E-state index in [9.17, 15) is 14.4 Å². The summed E-state index contributed by atoms with van der Waals surface area (Å²) in [5, 5.41) is 2.88. The maximum Gasteiger partial charge on any atom is 0.407 e. The predicted molar refractivity (Wildman–Crippen MR) is 223 cm³/mol. The number of likely N-dealkylation sites (N-methyl/N-ethyl adjacent to an activating group) is 1. The fourth-order valence-electron chi connectivity index (χ4n) is 9.38. The highest BCUT2D eigenvalue weighted by Crippen LogP contribution is 2.39. The first kappa shape index (κ1) is 39.1. The fraction of sp³-hybridized carbons (Fsp3) is 0.413. The Labute approximate surface area is 340 Å². The van der Waals surface area contributed by atoms with Gasteiger partial charge in [0, 0.05) is 13.1 Å². The Morgan fingerprint density at radius 2 is 1.24 bits per heavy atom. The van der Waals surface area contributed by atoms with E-state index in [4.69, 9.17) is 14.7 Å². The number of imidazole rings is 2. The summed E-state index contributed by atoms with van der Waals surface area (Å²) in [5.41, 5.74) is 6.15. The molecule has 12 nitrogen and oxygen atoms in total. The normalized spacial score (nSPS) is 19.4. The Kier molecular flexibility index (Phi) is 11.5. The summed E-state index contributed by atoms with van der Waals surface area (Å²) in [6.45, 7) is 7.16. The molecule has 0 unspecified atom stereocenters. The average molecular weight is 783 g/mol. The number of ether oxygens (including phenoxy) is 1. The molecule has 3 aromatic carbocycles. The third kappa shape index (κ3) is 7.65. The van der Waals surface area contributed by atoms with Crippen LogP contribution in [-0.2, 0) is 14.3 Å². The van der Waals surface area contributed by atoms with Gasteiger partial charge in [0.15, 0.2) is 0 Å². The Morgan fingerprint density at radius 1 is 0.741 bits per heavy atom. The molecule has 0 radical (unpaired) electrons. The van der Waals surface area contributed by atoms with Crippen molar-refractivity contribution in [1.29, 1.82) is 0 Å². The van der Waals surface area contributed by atoms with Crippen molar-refractivity contribution in [2.75, 3.05) is 33.3 Å². The van der Waals surface area contributed by atoms with Crippen molar-refractivity contribution >= 4 is 17.9 Å². The van der Waals surface area contributed by atoms with Gasteiger partial charge in [-0.3, -0.25) is 14.5 Å². The van der Waals surface area contributed by atoms with Crippen molar-refractivity contribution in [2.45, 2.75) is 88.9 Å². The Balaban J connectivity index is 0.930. The van der Waals surface area contributed by atoms with Gasteiger partial charge in [0.05, 0.1) is 43.0 Å². The molecule has 2 saturated heterocycles. The molecule has 0 spiro atoms. The Bertz CT molecular complexity index is 2190. The lowest BCUT2D eigenvalue weighted by atomic mass is 9.95. The van der Waals surface area contributed by atoms with Crippen molar-refractivity contribution < 1.29 is 19.1 Å². The van der Waals surface area contributed by atoms with E-state index in [1.165, 1.54) is 7.11 Å². The van der Waals surface area contributed by atoms with Crippen LogP contribution < -0.4 is 5.32 Å². The van der Waals surface area contributed by atoms with Crippen LogP contribution in [0.5, 0.6) is 0 Å². The molecular weight excluding hydrogens is 729 g/mol. The minimum atomic E-state index is -0.919. The van der Waals surface area contributed by atoms with Crippen molar-refractivity contribution in [3.63, 3.8) is 0 Å². The molecule has 3 amide bonds. The summed E-state index contributed by atoms with van der Waals surface area (Å²) in [4.78, 5) is 63.1. The summed E-state index contributed by atoms with van der Waals surface area (Å²) in [7, 11) is 1.33. The molecule has 3 fully saturated rings. The first-order valence-electron chi connectivity index (χ1n) is 20.9. The van der Waals surface area contributed by atoms with E-state index in [1.807, 2.05) is 40.4 Å². The molecule has 1 saturated carbocycles. The first-order chi connectivity index (χ1) is 28.3. The highest BCUT2D eigenvalue weighted by molar-refractivity contribution is 5.91. The van der Waals surface area contributed by atoms with Crippen LogP contribution in [0.1, 0.15) is 101 Å². The lowest BCUT2D eigenvalue weighted by molar-refractivity contribution is -0.139. The molecule has 3 atom stereocenters. The molecule has 302 valence electrons. The smallest absolute Gasteiger partial charge is 0.407 e. The SMILES string of the molecule is CCN(CC)[C@@H](C(=O)N1CCC[C@H]1c1ncc(-c2ccc(-c3ccc(-c4cnc([C@@H]5CCCN5C(=O)C5(NC(=O)OC)CCCC5)[nH]4)cc3)cc2)[nH]1)c1ccccc1. The summed E-state index contributed by atoms with van der Waals surface area (Å²) >= 11 is 0. The fourth-order valence-corrected chi connectivity index (χ4v) is 9.38. The summed E-state index contributed by atoms with van der Waals surface area (Å²) in [6, 6.07) is 26.4.